The van der Waals surface area contributed by atoms with E-state index in [9.17, 15) is 5.11 Å². The van der Waals surface area contributed by atoms with Gasteiger partial charge >= 0.3 is 6.01 Å². The van der Waals surface area contributed by atoms with Gasteiger partial charge < -0.3 is 20.1 Å². The Hall–Kier alpha value is -1.63. The number of nitrogens with one attached hydrogen (secondary N) is 1. The summed E-state index contributed by atoms with van der Waals surface area (Å²) in [4.78, 5) is 14.5. The van der Waals surface area contributed by atoms with E-state index >= 15 is 0 Å². The average Bonchev–Trinajstić information content (AvgIpc) is 2.43. The number of likely N-dealkylation sites (N-methyl/N-ethyl adjacent to an activating group) is 1. The molecule has 0 amide bonds. The summed E-state index contributed by atoms with van der Waals surface area (Å²) < 4.78 is 5.08. The Bertz CT molecular complexity index is 411. The van der Waals surface area contributed by atoms with Gasteiger partial charge in [0, 0.05) is 13.6 Å². The highest BCUT2D eigenvalue weighted by atomic mass is 16.5. The number of aliphatic hydroxyl groups is 1. The summed E-state index contributed by atoms with van der Waals surface area (Å²) in [5, 5.41) is 12.5. The van der Waals surface area contributed by atoms with Crippen molar-refractivity contribution in [2.45, 2.75) is 32.7 Å². The summed E-state index contributed by atoms with van der Waals surface area (Å²) in [6.45, 7) is 6.65. The lowest BCUT2D eigenvalue weighted by molar-refractivity contribution is 0.214. The van der Waals surface area contributed by atoms with Gasteiger partial charge in [-0.3, -0.25) is 0 Å². The van der Waals surface area contributed by atoms with Crippen molar-refractivity contribution in [2.24, 2.45) is 0 Å². The second-order valence-corrected chi connectivity index (χ2v) is 4.90. The zero-order chi connectivity index (χ0) is 14.5. The number of hydrogen-bond acceptors (Lipinski definition) is 7. The Labute approximate surface area is 114 Å². The SMILES string of the molecule is CCCNc1nc(OC)nc(N(C)C(C)(C)CO)n1. The zero-order valence-corrected chi connectivity index (χ0v) is 12.3. The van der Waals surface area contributed by atoms with Crippen LogP contribution in [0.25, 0.3) is 0 Å². The van der Waals surface area contributed by atoms with Crippen LogP contribution in [0.15, 0.2) is 0 Å². The van der Waals surface area contributed by atoms with Crippen molar-refractivity contribution in [3.05, 3.63) is 0 Å². The lowest BCUT2D eigenvalue weighted by Gasteiger charge is -2.33. The van der Waals surface area contributed by atoms with Crippen LogP contribution < -0.4 is 15.0 Å². The van der Waals surface area contributed by atoms with Gasteiger partial charge in [0.2, 0.25) is 11.9 Å². The van der Waals surface area contributed by atoms with Gasteiger partial charge in [0.25, 0.3) is 0 Å². The zero-order valence-electron chi connectivity index (χ0n) is 12.3. The third kappa shape index (κ3) is 3.92. The van der Waals surface area contributed by atoms with E-state index in [1.54, 1.807) is 4.90 Å². The molecule has 0 atom stereocenters. The van der Waals surface area contributed by atoms with E-state index in [4.69, 9.17) is 4.74 Å². The number of anilines is 2. The second kappa shape index (κ2) is 6.51. The minimum Gasteiger partial charge on any atom is -0.467 e. The second-order valence-electron chi connectivity index (χ2n) is 4.90. The maximum absolute atomic E-state index is 9.40. The number of rotatable bonds is 7. The van der Waals surface area contributed by atoms with E-state index in [0.29, 0.717) is 11.9 Å². The molecule has 0 aliphatic carbocycles. The van der Waals surface area contributed by atoms with Gasteiger partial charge in [-0.2, -0.15) is 15.0 Å². The fourth-order valence-corrected chi connectivity index (χ4v) is 1.28. The molecule has 0 bridgehead atoms. The van der Waals surface area contributed by atoms with Crippen molar-refractivity contribution in [1.29, 1.82) is 0 Å². The molecule has 108 valence electrons. The van der Waals surface area contributed by atoms with Gasteiger partial charge in [-0.15, -0.1) is 0 Å². The Morgan fingerprint density at radius 2 is 2.00 bits per heavy atom. The first kappa shape index (κ1) is 15.4. The van der Waals surface area contributed by atoms with E-state index in [1.165, 1.54) is 7.11 Å². The van der Waals surface area contributed by atoms with Gasteiger partial charge in [-0.25, -0.2) is 0 Å². The fourth-order valence-electron chi connectivity index (χ4n) is 1.28. The Kier molecular flexibility index (Phi) is 5.29. The lowest BCUT2D eigenvalue weighted by atomic mass is 10.1. The molecule has 19 heavy (non-hydrogen) atoms. The molecule has 0 fully saturated rings. The van der Waals surface area contributed by atoms with Crippen LogP contribution >= 0.6 is 0 Å². The number of methoxy groups -OCH3 is 1. The van der Waals surface area contributed by atoms with E-state index in [2.05, 4.69) is 27.2 Å². The van der Waals surface area contributed by atoms with Crippen LogP contribution in [0.3, 0.4) is 0 Å². The highest BCUT2D eigenvalue weighted by Crippen LogP contribution is 2.20. The molecule has 0 spiro atoms. The first-order valence-electron chi connectivity index (χ1n) is 6.33. The van der Waals surface area contributed by atoms with Crippen molar-refractivity contribution in [2.75, 3.05) is 37.5 Å². The standard InChI is InChI=1S/C12H23N5O2/c1-6-7-13-9-14-10(16-11(15-9)19-5)17(4)12(2,3)8-18/h18H,6-8H2,1-5H3,(H,13,14,15,16). The number of nitrogens with zero attached hydrogens (tertiary/aromatic N) is 4. The van der Waals surface area contributed by atoms with Crippen LogP contribution in [-0.2, 0) is 0 Å². The normalized spacial score (nSPS) is 11.3. The monoisotopic (exact) mass is 269 g/mol. The van der Waals surface area contributed by atoms with Gasteiger partial charge in [-0.05, 0) is 20.3 Å². The van der Waals surface area contributed by atoms with Gasteiger partial charge in [0.05, 0.1) is 19.3 Å². The topological polar surface area (TPSA) is 83.4 Å². The molecule has 1 aromatic heterocycles. The highest BCUT2D eigenvalue weighted by Gasteiger charge is 2.25. The summed E-state index contributed by atoms with van der Waals surface area (Å²) in [6, 6.07) is 0.254. The van der Waals surface area contributed by atoms with Crippen LogP contribution in [-0.4, -0.2) is 52.9 Å². The van der Waals surface area contributed by atoms with Crippen molar-refractivity contribution in [1.82, 2.24) is 15.0 Å². The summed E-state index contributed by atoms with van der Waals surface area (Å²) in [6.07, 6.45) is 0.974. The summed E-state index contributed by atoms with van der Waals surface area (Å²) >= 11 is 0. The number of ether oxygens (including phenoxy) is 1. The smallest absolute Gasteiger partial charge is 0.322 e. The first-order valence-corrected chi connectivity index (χ1v) is 6.33. The third-order valence-electron chi connectivity index (χ3n) is 2.91. The Morgan fingerprint density at radius 3 is 2.53 bits per heavy atom. The summed E-state index contributed by atoms with van der Waals surface area (Å²) in [5.74, 6) is 0.939. The molecule has 1 rings (SSSR count). The Balaban J connectivity index is 3.05. The number of aliphatic hydroxyl groups excluding tert-OH is 1. The summed E-state index contributed by atoms with van der Waals surface area (Å²) in [5.41, 5.74) is -0.464. The average molecular weight is 269 g/mol. The van der Waals surface area contributed by atoms with Crippen LogP contribution in [0.4, 0.5) is 11.9 Å². The molecule has 7 nitrogen and oxygen atoms in total. The van der Waals surface area contributed by atoms with Crippen LogP contribution in [0, 0.1) is 0 Å². The molecular weight excluding hydrogens is 246 g/mol. The molecule has 0 saturated carbocycles. The first-order chi connectivity index (χ1) is 8.94. The van der Waals surface area contributed by atoms with E-state index in [-0.39, 0.29) is 12.6 Å². The van der Waals surface area contributed by atoms with E-state index in [1.807, 2.05) is 20.9 Å². The number of hydrogen-bond donors (Lipinski definition) is 2. The predicted octanol–water partition coefficient (Wildman–Crippen LogP) is 0.909. The molecule has 0 aliphatic rings. The minimum absolute atomic E-state index is 0.00474. The predicted molar refractivity (Wildman–Crippen MR) is 74.7 cm³/mol. The fraction of sp³-hybridized carbons (Fsp3) is 0.750. The molecule has 1 aromatic rings. The molecule has 0 aromatic carbocycles. The van der Waals surface area contributed by atoms with Crippen LogP contribution in [0.2, 0.25) is 0 Å². The maximum atomic E-state index is 9.40. The van der Waals surface area contributed by atoms with Gasteiger partial charge in [-0.1, -0.05) is 6.92 Å². The van der Waals surface area contributed by atoms with Gasteiger partial charge in [0.15, 0.2) is 0 Å². The van der Waals surface area contributed by atoms with Gasteiger partial charge in [0.1, 0.15) is 0 Å². The molecule has 1 heterocycles. The van der Waals surface area contributed by atoms with Crippen molar-refractivity contribution >= 4 is 11.9 Å². The Morgan fingerprint density at radius 1 is 1.32 bits per heavy atom. The molecule has 2 N–H and O–H groups in total. The highest BCUT2D eigenvalue weighted by molar-refractivity contribution is 5.40. The van der Waals surface area contributed by atoms with Crippen LogP contribution in [0.1, 0.15) is 27.2 Å². The van der Waals surface area contributed by atoms with E-state index in [0.717, 1.165) is 13.0 Å². The molecule has 0 saturated heterocycles. The third-order valence-corrected chi connectivity index (χ3v) is 2.91. The lowest BCUT2D eigenvalue weighted by Crippen LogP contribution is -2.45. The van der Waals surface area contributed by atoms with Crippen molar-refractivity contribution in [3.63, 3.8) is 0 Å². The van der Waals surface area contributed by atoms with Crippen LogP contribution in [0.5, 0.6) is 6.01 Å². The largest absolute Gasteiger partial charge is 0.467 e. The summed E-state index contributed by atoms with van der Waals surface area (Å²) in [7, 11) is 3.34. The quantitative estimate of drug-likeness (QED) is 0.761. The molecule has 0 radical (unpaired) electrons. The van der Waals surface area contributed by atoms with E-state index < -0.39 is 5.54 Å². The molecule has 7 heteroatoms. The minimum atomic E-state index is -0.464. The van der Waals surface area contributed by atoms with Crippen molar-refractivity contribution < 1.29 is 9.84 Å². The molecule has 0 aliphatic heterocycles. The maximum Gasteiger partial charge on any atom is 0.322 e. The molecule has 0 unspecified atom stereocenters. The van der Waals surface area contributed by atoms with Crippen molar-refractivity contribution in [3.8, 4) is 6.01 Å². The number of aromatic nitrogens is 3. The molecular formula is C12H23N5O2.